The number of ether oxygens (including phenoxy) is 2. The smallest absolute Gasteiger partial charge is 0.249 e. The van der Waals surface area contributed by atoms with Gasteiger partial charge in [0.2, 0.25) is 15.9 Å². The summed E-state index contributed by atoms with van der Waals surface area (Å²) in [6.45, 7) is 3.50. The molecule has 1 aromatic rings. The minimum absolute atomic E-state index is 0.00712. The average molecular weight is 429 g/mol. The van der Waals surface area contributed by atoms with E-state index >= 15 is 0 Å². The Balaban J connectivity index is 1.73. The summed E-state index contributed by atoms with van der Waals surface area (Å²) in [6, 6.07) is 3.86. The zero-order valence-electron chi connectivity index (χ0n) is 17.0. The van der Waals surface area contributed by atoms with E-state index in [9.17, 15) is 17.6 Å². The van der Waals surface area contributed by atoms with Gasteiger partial charge >= 0.3 is 0 Å². The Morgan fingerprint density at radius 3 is 2.45 bits per heavy atom. The lowest BCUT2D eigenvalue weighted by Gasteiger charge is -2.43. The fourth-order valence-electron chi connectivity index (χ4n) is 4.22. The molecule has 9 heteroatoms. The summed E-state index contributed by atoms with van der Waals surface area (Å²) in [4.78, 5) is 14.6. The van der Waals surface area contributed by atoms with Crippen molar-refractivity contribution < 1.29 is 27.1 Å². The van der Waals surface area contributed by atoms with Crippen LogP contribution in [0.4, 0.5) is 4.39 Å². The molecule has 0 atom stereocenters. The minimum Gasteiger partial charge on any atom is -0.381 e. The van der Waals surface area contributed by atoms with Crippen LogP contribution in [0.15, 0.2) is 23.1 Å². The number of piperidine rings is 1. The molecule has 0 saturated carbocycles. The Labute approximate surface area is 171 Å². The first-order valence-electron chi connectivity index (χ1n) is 9.98. The van der Waals surface area contributed by atoms with E-state index in [0.717, 1.165) is 18.9 Å². The number of benzene rings is 1. The number of aryl methyl sites for hydroxylation is 1. The Morgan fingerprint density at radius 1 is 1.21 bits per heavy atom. The summed E-state index contributed by atoms with van der Waals surface area (Å²) in [6.07, 6.45) is 2.63. The van der Waals surface area contributed by atoms with Gasteiger partial charge in [0.25, 0.3) is 0 Å². The third-order valence-electron chi connectivity index (χ3n) is 5.72. The van der Waals surface area contributed by atoms with Crippen LogP contribution in [0.25, 0.3) is 0 Å². The second-order valence-corrected chi connectivity index (χ2v) is 9.53. The molecule has 0 aromatic heterocycles. The topological polar surface area (TPSA) is 76.2 Å². The number of rotatable bonds is 6. The van der Waals surface area contributed by atoms with Gasteiger partial charge in [0, 0.05) is 45.5 Å². The molecule has 2 aliphatic rings. The maximum atomic E-state index is 13.6. The molecule has 0 N–H and O–H groups in total. The first kappa shape index (κ1) is 22.1. The van der Waals surface area contributed by atoms with Crippen molar-refractivity contribution in [2.24, 2.45) is 0 Å². The standard InChI is InChI=1S/C20H29FN2O5S/c1-15-3-4-16(21)13-19(15)29(25,26)22-9-5-17(6-10-22)23(20(24)14-27-2)18-7-11-28-12-8-18/h3-4,13,17-18H,5-12,14H2,1-2H3. The number of hydrogen-bond donors (Lipinski definition) is 0. The Bertz CT molecular complexity index is 818. The fraction of sp³-hybridized carbons (Fsp3) is 0.650. The van der Waals surface area contributed by atoms with Gasteiger partial charge in [0.15, 0.2) is 0 Å². The Hall–Kier alpha value is -1.55. The summed E-state index contributed by atoms with van der Waals surface area (Å²) in [7, 11) is -2.28. The van der Waals surface area contributed by atoms with E-state index < -0.39 is 15.8 Å². The third-order valence-corrected chi connectivity index (χ3v) is 7.77. The van der Waals surface area contributed by atoms with E-state index in [4.69, 9.17) is 9.47 Å². The maximum absolute atomic E-state index is 13.6. The van der Waals surface area contributed by atoms with Crippen LogP contribution < -0.4 is 0 Å². The highest BCUT2D eigenvalue weighted by atomic mass is 32.2. The van der Waals surface area contributed by atoms with Crippen molar-refractivity contribution in [3.63, 3.8) is 0 Å². The van der Waals surface area contributed by atoms with Gasteiger partial charge in [-0.1, -0.05) is 6.07 Å². The number of nitrogens with zero attached hydrogens (tertiary/aromatic N) is 2. The summed E-state index contributed by atoms with van der Waals surface area (Å²) < 4.78 is 51.5. The molecular weight excluding hydrogens is 399 g/mol. The number of hydrogen-bond acceptors (Lipinski definition) is 5. The SMILES string of the molecule is COCC(=O)N(C1CCOCC1)C1CCN(S(=O)(=O)c2cc(F)ccc2C)CC1. The number of methoxy groups -OCH3 is 1. The third kappa shape index (κ3) is 4.96. The van der Waals surface area contributed by atoms with Crippen LogP contribution in [0.3, 0.4) is 0 Å². The molecule has 2 saturated heterocycles. The molecule has 3 rings (SSSR count). The Kier molecular flexibility index (Phi) is 7.26. The fourth-order valence-corrected chi connectivity index (χ4v) is 5.92. The lowest BCUT2D eigenvalue weighted by Crippen LogP contribution is -2.54. The first-order valence-corrected chi connectivity index (χ1v) is 11.4. The monoisotopic (exact) mass is 428 g/mol. The summed E-state index contributed by atoms with van der Waals surface area (Å²) >= 11 is 0. The van der Waals surface area contributed by atoms with E-state index in [-0.39, 0.29) is 29.5 Å². The molecular formula is C20H29FN2O5S. The Morgan fingerprint density at radius 2 is 1.83 bits per heavy atom. The van der Waals surface area contributed by atoms with Gasteiger partial charge in [0.05, 0.1) is 4.90 Å². The molecule has 7 nitrogen and oxygen atoms in total. The summed E-state index contributed by atoms with van der Waals surface area (Å²) in [5.41, 5.74) is 0.521. The van der Waals surface area contributed by atoms with E-state index in [1.165, 1.54) is 23.5 Å². The van der Waals surface area contributed by atoms with E-state index in [0.29, 0.717) is 44.7 Å². The quantitative estimate of drug-likeness (QED) is 0.692. The van der Waals surface area contributed by atoms with Crippen molar-refractivity contribution in [3.8, 4) is 0 Å². The average Bonchev–Trinajstić information content (AvgIpc) is 2.71. The lowest BCUT2D eigenvalue weighted by atomic mass is 9.98. The molecule has 2 fully saturated rings. The number of sulfonamides is 1. The van der Waals surface area contributed by atoms with Gasteiger partial charge in [-0.2, -0.15) is 4.31 Å². The van der Waals surface area contributed by atoms with Crippen LogP contribution in [0, 0.1) is 12.7 Å². The number of halogens is 1. The van der Waals surface area contributed by atoms with Crippen molar-refractivity contribution >= 4 is 15.9 Å². The first-order chi connectivity index (χ1) is 13.8. The molecule has 1 amide bonds. The lowest BCUT2D eigenvalue weighted by molar-refractivity contribution is -0.143. The van der Waals surface area contributed by atoms with Gasteiger partial charge in [-0.25, -0.2) is 12.8 Å². The van der Waals surface area contributed by atoms with Crippen molar-refractivity contribution in [1.82, 2.24) is 9.21 Å². The molecule has 0 bridgehead atoms. The van der Waals surface area contributed by atoms with Crippen LogP contribution in [-0.4, -0.2) is 75.6 Å². The molecule has 0 radical (unpaired) electrons. The number of carbonyl (C=O) groups is 1. The largest absolute Gasteiger partial charge is 0.381 e. The van der Waals surface area contributed by atoms with Crippen molar-refractivity contribution in [2.45, 2.75) is 49.6 Å². The van der Waals surface area contributed by atoms with Crippen LogP contribution >= 0.6 is 0 Å². The van der Waals surface area contributed by atoms with Gasteiger partial charge in [-0.05, 0) is 50.3 Å². The van der Waals surface area contributed by atoms with E-state index in [1.807, 2.05) is 4.90 Å². The summed E-state index contributed by atoms with van der Waals surface area (Å²) in [5.74, 6) is -0.637. The number of carbonyl (C=O) groups excluding carboxylic acids is 1. The minimum atomic E-state index is -3.77. The predicted octanol–water partition coefficient (Wildman–Crippen LogP) is 1.94. The molecule has 2 heterocycles. The normalized spacial score (nSPS) is 20.0. The predicted molar refractivity (Wildman–Crippen MR) is 105 cm³/mol. The molecule has 162 valence electrons. The van der Waals surface area contributed by atoms with Gasteiger partial charge in [-0.15, -0.1) is 0 Å². The van der Waals surface area contributed by atoms with Crippen molar-refractivity contribution in [2.75, 3.05) is 40.0 Å². The molecule has 0 spiro atoms. The van der Waals surface area contributed by atoms with Crippen LogP contribution in [0.2, 0.25) is 0 Å². The van der Waals surface area contributed by atoms with Crippen molar-refractivity contribution in [3.05, 3.63) is 29.6 Å². The molecule has 1 aromatic carbocycles. The molecule has 2 aliphatic heterocycles. The van der Waals surface area contributed by atoms with Crippen LogP contribution in [-0.2, 0) is 24.3 Å². The molecule has 0 unspecified atom stereocenters. The van der Waals surface area contributed by atoms with Gasteiger partial charge in [-0.3, -0.25) is 4.79 Å². The zero-order chi connectivity index (χ0) is 21.0. The van der Waals surface area contributed by atoms with E-state index in [1.54, 1.807) is 6.92 Å². The molecule has 0 aliphatic carbocycles. The highest BCUT2D eigenvalue weighted by molar-refractivity contribution is 7.89. The van der Waals surface area contributed by atoms with E-state index in [2.05, 4.69) is 0 Å². The van der Waals surface area contributed by atoms with Crippen LogP contribution in [0.1, 0.15) is 31.2 Å². The summed E-state index contributed by atoms with van der Waals surface area (Å²) in [5, 5.41) is 0. The van der Waals surface area contributed by atoms with Crippen LogP contribution in [0.5, 0.6) is 0 Å². The highest BCUT2D eigenvalue weighted by Gasteiger charge is 2.37. The second kappa shape index (κ2) is 9.51. The highest BCUT2D eigenvalue weighted by Crippen LogP contribution is 2.28. The molecule has 29 heavy (non-hydrogen) atoms. The maximum Gasteiger partial charge on any atom is 0.249 e. The van der Waals surface area contributed by atoms with Gasteiger partial charge in [0.1, 0.15) is 12.4 Å². The zero-order valence-corrected chi connectivity index (χ0v) is 17.8. The van der Waals surface area contributed by atoms with Crippen molar-refractivity contribution in [1.29, 1.82) is 0 Å². The second-order valence-electron chi connectivity index (χ2n) is 7.62. The number of amides is 1. The van der Waals surface area contributed by atoms with Gasteiger partial charge < -0.3 is 14.4 Å².